The van der Waals surface area contributed by atoms with Gasteiger partial charge in [0.15, 0.2) is 0 Å². The molecule has 0 fully saturated rings. The molecule has 0 unspecified atom stereocenters. The Hall–Kier alpha value is -2.50. The number of aromatic nitrogens is 3. The van der Waals surface area contributed by atoms with Crippen LogP contribution in [0.4, 0.5) is 0 Å². The van der Waals surface area contributed by atoms with Crippen LogP contribution in [0.25, 0.3) is 11.6 Å². The Morgan fingerprint density at radius 2 is 2.32 bits per heavy atom. The smallest absolute Gasteiger partial charge is 0.266 e. The van der Waals surface area contributed by atoms with Gasteiger partial charge in [0.2, 0.25) is 11.8 Å². The van der Waals surface area contributed by atoms with Gasteiger partial charge in [0.05, 0.1) is 0 Å². The molecule has 0 atom stereocenters. The normalized spacial score (nSPS) is 10.1. The van der Waals surface area contributed by atoms with Gasteiger partial charge in [0.1, 0.15) is 5.69 Å². The van der Waals surface area contributed by atoms with Gasteiger partial charge in [0.25, 0.3) is 5.89 Å². The summed E-state index contributed by atoms with van der Waals surface area (Å²) in [7, 11) is 0. The molecule has 0 aliphatic rings. The molecule has 1 amide bonds. The first kappa shape index (κ1) is 12.9. The average molecular weight is 258 g/mol. The van der Waals surface area contributed by atoms with Crippen LogP contribution < -0.4 is 5.32 Å². The van der Waals surface area contributed by atoms with Gasteiger partial charge in [-0.3, -0.25) is 9.78 Å². The van der Waals surface area contributed by atoms with Crippen molar-refractivity contribution in [3.8, 4) is 11.6 Å². The summed E-state index contributed by atoms with van der Waals surface area (Å²) in [6, 6.07) is 5.44. The minimum Gasteiger partial charge on any atom is -0.419 e. The summed E-state index contributed by atoms with van der Waals surface area (Å²) in [5, 5.41) is 10.5. The van der Waals surface area contributed by atoms with E-state index >= 15 is 0 Å². The van der Waals surface area contributed by atoms with Crippen LogP contribution in [0.3, 0.4) is 0 Å². The van der Waals surface area contributed by atoms with Crippen molar-refractivity contribution in [2.75, 3.05) is 6.54 Å². The third-order valence-corrected chi connectivity index (χ3v) is 2.36. The van der Waals surface area contributed by atoms with E-state index in [0.29, 0.717) is 36.9 Å². The van der Waals surface area contributed by atoms with Gasteiger partial charge in [-0.05, 0) is 12.1 Å². The maximum Gasteiger partial charge on any atom is 0.266 e. The van der Waals surface area contributed by atoms with Gasteiger partial charge >= 0.3 is 0 Å². The maximum atomic E-state index is 11.4. The molecule has 0 aliphatic heterocycles. The predicted molar refractivity (Wildman–Crippen MR) is 69.1 cm³/mol. The lowest BCUT2D eigenvalue weighted by Gasteiger charge is -1.99. The molecule has 0 radical (unpaired) electrons. The van der Waals surface area contributed by atoms with Crippen LogP contribution in [0.1, 0.15) is 12.3 Å². The zero-order valence-electron chi connectivity index (χ0n) is 10.4. The highest BCUT2D eigenvalue weighted by atomic mass is 16.4. The lowest BCUT2D eigenvalue weighted by molar-refractivity contribution is -0.120. The van der Waals surface area contributed by atoms with Gasteiger partial charge < -0.3 is 9.73 Å². The molecule has 2 aromatic heterocycles. The number of nitrogens with zero attached hydrogens (tertiary/aromatic N) is 3. The second kappa shape index (κ2) is 6.44. The predicted octanol–water partition coefficient (Wildman–Crippen LogP) is 1.37. The molecule has 0 saturated heterocycles. The van der Waals surface area contributed by atoms with Crippen molar-refractivity contribution < 1.29 is 9.21 Å². The molecule has 0 saturated carbocycles. The number of carbonyl (C=O) groups is 1. The molecule has 0 bridgehead atoms. The fourth-order valence-electron chi connectivity index (χ4n) is 1.44. The van der Waals surface area contributed by atoms with E-state index in [1.807, 2.05) is 12.1 Å². The van der Waals surface area contributed by atoms with Crippen LogP contribution in [0, 0.1) is 0 Å². The number of pyridine rings is 1. The van der Waals surface area contributed by atoms with Crippen molar-refractivity contribution in [1.29, 1.82) is 0 Å². The van der Waals surface area contributed by atoms with Crippen molar-refractivity contribution in [1.82, 2.24) is 20.5 Å². The molecule has 98 valence electrons. The van der Waals surface area contributed by atoms with E-state index in [0.717, 1.165) is 0 Å². The molecule has 0 aromatic carbocycles. The Kier molecular flexibility index (Phi) is 4.39. The lowest BCUT2D eigenvalue weighted by atomic mass is 10.3. The minimum absolute atomic E-state index is 0.0718. The van der Waals surface area contributed by atoms with Crippen LogP contribution >= 0.6 is 0 Å². The van der Waals surface area contributed by atoms with E-state index in [4.69, 9.17) is 4.42 Å². The van der Waals surface area contributed by atoms with Crippen molar-refractivity contribution >= 4 is 5.91 Å². The molecular formula is C13H14N4O2. The summed E-state index contributed by atoms with van der Waals surface area (Å²) < 4.78 is 5.44. The van der Waals surface area contributed by atoms with E-state index in [1.165, 1.54) is 0 Å². The zero-order chi connectivity index (χ0) is 13.5. The molecule has 2 rings (SSSR count). The van der Waals surface area contributed by atoms with Crippen LogP contribution in [0.15, 0.2) is 41.5 Å². The highest BCUT2D eigenvalue weighted by Gasteiger charge is 2.10. The second-order valence-corrected chi connectivity index (χ2v) is 3.81. The molecule has 0 aliphatic carbocycles. The Balaban J connectivity index is 1.91. The number of nitrogens with one attached hydrogen (secondary N) is 1. The van der Waals surface area contributed by atoms with Crippen molar-refractivity contribution in [2.45, 2.75) is 12.8 Å². The number of carbonyl (C=O) groups excluding carboxylic acids is 1. The van der Waals surface area contributed by atoms with Crippen LogP contribution in [0.5, 0.6) is 0 Å². The molecule has 6 heteroatoms. The third kappa shape index (κ3) is 3.74. The van der Waals surface area contributed by atoms with Crippen LogP contribution in [0.2, 0.25) is 0 Å². The first-order chi connectivity index (χ1) is 9.29. The summed E-state index contributed by atoms with van der Waals surface area (Å²) >= 11 is 0. The third-order valence-electron chi connectivity index (χ3n) is 2.36. The van der Waals surface area contributed by atoms with E-state index in [-0.39, 0.29) is 5.91 Å². The monoisotopic (exact) mass is 258 g/mol. The number of rotatable bonds is 6. The van der Waals surface area contributed by atoms with E-state index in [2.05, 4.69) is 27.1 Å². The first-order valence-electron chi connectivity index (χ1n) is 5.91. The first-order valence-corrected chi connectivity index (χ1v) is 5.91. The van der Waals surface area contributed by atoms with E-state index in [1.54, 1.807) is 18.3 Å². The van der Waals surface area contributed by atoms with Gasteiger partial charge in [-0.2, -0.15) is 0 Å². The summed E-state index contributed by atoms with van der Waals surface area (Å²) in [5.74, 6) is 0.717. The topological polar surface area (TPSA) is 80.9 Å². The summed E-state index contributed by atoms with van der Waals surface area (Å²) in [4.78, 5) is 15.5. The fourth-order valence-corrected chi connectivity index (χ4v) is 1.44. The van der Waals surface area contributed by atoms with E-state index in [9.17, 15) is 4.79 Å². The van der Waals surface area contributed by atoms with E-state index < -0.39 is 0 Å². The molecule has 19 heavy (non-hydrogen) atoms. The standard InChI is InChI=1S/C13H14N4O2/c1-2-8-15-11(18)6-7-12-16-17-13(19-12)10-5-3-4-9-14-10/h2-5,9H,1,6-8H2,(H,15,18). The molecule has 0 spiro atoms. The molecule has 6 nitrogen and oxygen atoms in total. The minimum atomic E-state index is -0.0718. The van der Waals surface area contributed by atoms with Crippen molar-refractivity contribution in [2.24, 2.45) is 0 Å². The molecular weight excluding hydrogens is 244 g/mol. The van der Waals surface area contributed by atoms with Gasteiger partial charge in [0, 0.05) is 25.6 Å². The van der Waals surface area contributed by atoms with Crippen molar-refractivity contribution in [3.05, 3.63) is 42.9 Å². The van der Waals surface area contributed by atoms with Gasteiger partial charge in [-0.15, -0.1) is 16.8 Å². The Labute approximate surface area is 110 Å². The molecule has 2 aromatic rings. The Morgan fingerprint density at radius 1 is 1.42 bits per heavy atom. The SMILES string of the molecule is C=CCNC(=O)CCc1nnc(-c2ccccn2)o1. The van der Waals surface area contributed by atoms with Crippen LogP contribution in [-0.4, -0.2) is 27.6 Å². The number of aryl methyl sites for hydroxylation is 1. The summed E-state index contributed by atoms with van der Waals surface area (Å²) in [5.41, 5.74) is 0.623. The molecule has 2 heterocycles. The summed E-state index contributed by atoms with van der Waals surface area (Å²) in [6.45, 7) is 3.99. The highest BCUT2D eigenvalue weighted by Crippen LogP contribution is 2.14. The maximum absolute atomic E-state index is 11.4. The van der Waals surface area contributed by atoms with Gasteiger partial charge in [-0.1, -0.05) is 12.1 Å². The largest absolute Gasteiger partial charge is 0.419 e. The number of hydrogen-bond donors (Lipinski definition) is 1. The Bertz CT molecular complexity index is 551. The Morgan fingerprint density at radius 3 is 3.05 bits per heavy atom. The average Bonchev–Trinajstić information content (AvgIpc) is 2.93. The number of hydrogen-bond acceptors (Lipinski definition) is 5. The number of amides is 1. The van der Waals surface area contributed by atoms with Crippen molar-refractivity contribution in [3.63, 3.8) is 0 Å². The summed E-state index contributed by atoms with van der Waals surface area (Å²) in [6.07, 6.45) is 3.99. The zero-order valence-corrected chi connectivity index (χ0v) is 10.4. The fraction of sp³-hybridized carbons (Fsp3) is 0.231. The quantitative estimate of drug-likeness (QED) is 0.791. The van der Waals surface area contributed by atoms with Crippen LogP contribution in [-0.2, 0) is 11.2 Å². The lowest BCUT2D eigenvalue weighted by Crippen LogP contribution is -2.23. The second-order valence-electron chi connectivity index (χ2n) is 3.81. The van der Waals surface area contributed by atoms with Gasteiger partial charge in [-0.25, -0.2) is 0 Å². The highest BCUT2D eigenvalue weighted by molar-refractivity contribution is 5.76. The molecule has 1 N–H and O–H groups in total.